The first-order valence-electron chi connectivity index (χ1n) is 8.09. The lowest BCUT2D eigenvalue weighted by Crippen LogP contribution is -2.35. The molecule has 118 valence electrons. The number of thiophene rings is 1. The van der Waals surface area contributed by atoms with Crippen molar-refractivity contribution in [1.29, 1.82) is 0 Å². The van der Waals surface area contributed by atoms with Crippen LogP contribution < -0.4 is 0 Å². The minimum absolute atomic E-state index is 0.153. The molecular formula is C19H20N2OS. The lowest BCUT2D eigenvalue weighted by Gasteiger charge is -2.27. The fourth-order valence-corrected chi connectivity index (χ4v) is 4.01. The Labute approximate surface area is 139 Å². The van der Waals surface area contributed by atoms with Crippen molar-refractivity contribution in [2.75, 3.05) is 6.54 Å². The van der Waals surface area contributed by atoms with E-state index < -0.39 is 0 Å². The predicted octanol–water partition coefficient (Wildman–Crippen LogP) is 4.55. The van der Waals surface area contributed by atoms with Crippen molar-refractivity contribution < 1.29 is 4.79 Å². The molecule has 0 spiro atoms. The van der Waals surface area contributed by atoms with Gasteiger partial charge in [-0.25, -0.2) is 0 Å². The second kappa shape index (κ2) is 5.53. The van der Waals surface area contributed by atoms with Gasteiger partial charge in [0.15, 0.2) is 0 Å². The number of carbonyl (C=O) groups is 1. The maximum Gasteiger partial charge on any atom is 0.264 e. The van der Waals surface area contributed by atoms with Gasteiger partial charge in [0.1, 0.15) is 0 Å². The zero-order valence-electron chi connectivity index (χ0n) is 13.4. The molecule has 4 rings (SSSR count). The Hall–Kier alpha value is -2.07. The lowest BCUT2D eigenvalue weighted by molar-refractivity contribution is 0.0740. The van der Waals surface area contributed by atoms with E-state index in [-0.39, 0.29) is 5.91 Å². The van der Waals surface area contributed by atoms with E-state index in [1.54, 1.807) is 0 Å². The number of nitrogens with zero attached hydrogens (tertiary/aromatic N) is 1. The fraction of sp³-hybridized carbons (Fsp3) is 0.316. The van der Waals surface area contributed by atoms with Crippen molar-refractivity contribution in [3.05, 3.63) is 57.4 Å². The molecule has 1 aliphatic heterocycles. The van der Waals surface area contributed by atoms with E-state index in [1.807, 2.05) is 22.4 Å². The summed E-state index contributed by atoms with van der Waals surface area (Å²) in [6.07, 6.45) is 0.901. The molecule has 0 saturated carbocycles. The number of aromatic nitrogens is 1. The molecule has 0 fully saturated rings. The average molecular weight is 324 g/mol. The molecule has 0 unspecified atom stereocenters. The molecule has 23 heavy (non-hydrogen) atoms. The summed E-state index contributed by atoms with van der Waals surface area (Å²) in [5.74, 6) is 0.664. The van der Waals surface area contributed by atoms with Gasteiger partial charge in [-0.2, -0.15) is 0 Å². The van der Waals surface area contributed by atoms with Crippen LogP contribution in [0.25, 0.3) is 10.9 Å². The van der Waals surface area contributed by atoms with Crippen LogP contribution in [0.1, 0.15) is 46.3 Å². The Bertz CT molecular complexity index is 861. The molecule has 0 aliphatic carbocycles. The van der Waals surface area contributed by atoms with Gasteiger partial charge in [0.25, 0.3) is 5.91 Å². The van der Waals surface area contributed by atoms with E-state index in [9.17, 15) is 4.79 Å². The van der Waals surface area contributed by atoms with Gasteiger partial charge in [-0.15, -0.1) is 11.3 Å². The van der Waals surface area contributed by atoms with E-state index in [2.05, 4.69) is 37.0 Å². The van der Waals surface area contributed by atoms with Crippen molar-refractivity contribution >= 4 is 28.1 Å². The van der Waals surface area contributed by atoms with Gasteiger partial charge in [0.05, 0.1) is 4.88 Å². The quantitative estimate of drug-likeness (QED) is 0.737. The van der Waals surface area contributed by atoms with Gasteiger partial charge in [0, 0.05) is 41.7 Å². The number of benzene rings is 1. The minimum Gasteiger partial charge on any atom is -0.358 e. The largest absolute Gasteiger partial charge is 0.358 e. The van der Waals surface area contributed by atoms with E-state index >= 15 is 0 Å². The number of hydrogen-bond donors (Lipinski definition) is 1. The van der Waals surface area contributed by atoms with Crippen molar-refractivity contribution in [3.63, 3.8) is 0 Å². The average Bonchev–Trinajstić information content (AvgIpc) is 3.20. The number of fused-ring (bicyclic) bond motifs is 3. The van der Waals surface area contributed by atoms with E-state index in [1.165, 1.54) is 39.1 Å². The topological polar surface area (TPSA) is 36.1 Å². The van der Waals surface area contributed by atoms with Crippen LogP contribution >= 0.6 is 11.3 Å². The van der Waals surface area contributed by atoms with E-state index in [0.29, 0.717) is 12.5 Å². The molecule has 3 heterocycles. The molecular weight excluding hydrogens is 304 g/mol. The molecule has 1 amide bonds. The van der Waals surface area contributed by atoms with Gasteiger partial charge >= 0.3 is 0 Å². The summed E-state index contributed by atoms with van der Waals surface area (Å²) in [4.78, 5) is 19.0. The normalized spacial score (nSPS) is 14.5. The molecule has 0 saturated heterocycles. The third-order valence-corrected chi connectivity index (χ3v) is 5.54. The Morgan fingerprint density at radius 2 is 2.17 bits per heavy atom. The molecule has 1 aromatic carbocycles. The third-order valence-electron chi connectivity index (χ3n) is 4.69. The van der Waals surface area contributed by atoms with Gasteiger partial charge in [-0.3, -0.25) is 4.79 Å². The third kappa shape index (κ3) is 2.47. The first kappa shape index (κ1) is 14.5. The van der Waals surface area contributed by atoms with Gasteiger partial charge in [0.2, 0.25) is 0 Å². The number of aromatic amines is 1. The summed E-state index contributed by atoms with van der Waals surface area (Å²) in [6, 6.07) is 10.5. The smallest absolute Gasteiger partial charge is 0.264 e. The number of hydrogen-bond acceptors (Lipinski definition) is 2. The highest BCUT2D eigenvalue weighted by Gasteiger charge is 2.25. The summed E-state index contributed by atoms with van der Waals surface area (Å²) in [5, 5.41) is 3.23. The van der Waals surface area contributed by atoms with E-state index in [0.717, 1.165) is 17.8 Å². The van der Waals surface area contributed by atoms with Crippen molar-refractivity contribution in [3.8, 4) is 0 Å². The number of H-pyrrole nitrogens is 1. The fourth-order valence-electron chi connectivity index (χ4n) is 3.32. The van der Waals surface area contributed by atoms with Gasteiger partial charge < -0.3 is 9.88 Å². The van der Waals surface area contributed by atoms with Crippen LogP contribution in [0.5, 0.6) is 0 Å². The standard InChI is InChI=1S/C19H20N2OS/c1-12(2)13-5-6-16-14(10-13)15-11-21(8-7-17(15)20-16)19(22)18-4-3-9-23-18/h3-6,9-10,12,20H,7-8,11H2,1-2H3. The molecule has 0 bridgehead atoms. The second-order valence-corrected chi connectivity index (χ2v) is 7.44. The Balaban J connectivity index is 1.71. The maximum absolute atomic E-state index is 12.6. The number of amides is 1. The highest BCUT2D eigenvalue weighted by atomic mass is 32.1. The molecule has 3 nitrogen and oxygen atoms in total. The SMILES string of the molecule is CC(C)c1ccc2[nH]c3c(c2c1)CN(C(=O)c1cccs1)CC3. The van der Waals surface area contributed by atoms with Gasteiger partial charge in [-0.05, 0) is 35.1 Å². The summed E-state index contributed by atoms with van der Waals surface area (Å²) >= 11 is 1.52. The first-order chi connectivity index (χ1) is 11.1. The number of rotatable bonds is 2. The highest BCUT2D eigenvalue weighted by molar-refractivity contribution is 7.12. The van der Waals surface area contributed by atoms with Crippen LogP contribution in [0.2, 0.25) is 0 Å². The molecule has 4 heteroatoms. The molecule has 3 aromatic rings. The van der Waals surface area contributed by atoms with Crippen LogP contribution in [-0.2, 0) is 13.0 Å². The van der Waals surface area contributed by atoms with Crippen LogP contribution in [0.3, 0.4) is 0 Å². The van der Waals surface area contributed by atoms with Crippen molar-refractivity contribution in [1.82, 2.24) is 9.88 Å². The van der Waals surface area contributed by atoms with Crippen LogP contribution in [0.15, 0.2) is 35.7 Å². The first-order valence-corrected chi connectivity index (χ1v) is 8.97. The summed E-state index contributed by atoms with van der Waals surface area (Å²) in [5.41, 5.74) is 5.11. The Kier molecular flexibility index (Phi) is 3.49. The Morgan fingerprint density at radius 3 is 2.91 bits per heavy atom. The molecule has 1 N–H and O–H groups in total. The molecule has 2 aromatic heterocycles. The maximum atomic E-state index is 12.6. The monoisotopic (exact) mass is 324 g/mol. The molecule has 0 atom stereocenters. The summed E-state index contributed by atoms with van der Waals surface area (Å²) < 4.78 is 0. The lowest BCUT2D eigenvalue weighted by atomic mass is 9.98. The highest BCUT2D eigenvalue weighted by Crippen LogP contribution is 2.31. The van der Waals surface area contributed by atoms with Crippen LogP contribution in [0.4, 0.5) is 0 Å². The van der Waals surface area contributed by atoms with Crippen molar-refractivity contribution in [2.45, 2.75) is 32.7 Å². The van der Waals surface area contributed by atoms with Crippen molar-refractivity contribution in [2.24, 2.45) is 0 Å². The van der Waals surface area contributed by atoms with Crippen LogP contribution in [0, 0.1) is 0 Å². The van der Waals surface area contributed by atoms with Crippen LogP contribution in [-0.4, -0.2) is 22.3 Å². The predicted molar refractivity (Wildman–Crippen MR) is 95.2 cm³/mol. The minimum atomic E-state index is 0.153. The molecule has 0 radical (unpaired) electrons. The van der Waals surface area contributed by atoms with Gasteiger partial charge in [-0.1, -0.05) is 26.0 Å². The number of nitrogens with one attached hydrogen (secondary N) is 1. The molecule has 1 aliphatic rings. The second-order valence-electron chi connectivity index (χ2n) is 6.50. The summed E-state index contributed by atoms with van der Waals surface area (Å²) in [7, 11) is 0. The Morgan fingerprint density at radius 1 is 1.30 bits per heavy atom. The zero-order valence-corrected chi connectivity index (χ0v) is 14.2. The summed E-state index contributed by atoms with van der Waals surface area (Å²) in [6.45, 7) is 5.92. The number of carbonyl (C=O) groups excluding carboxylic acids is 1. The zero-order chi connectivity index (χ0) is 16.0. The van der Waals surface area contributed by atoms with E-state index in [4.69, 9.17) is 0 Å².